The maximum atomic E-state index is 13.7. The van der Waals surface area contributed by atoms with Crippen LogP contribution in [-0.2, 0) is 22.0 Å². The van der Waals surface area contributed by atoms with Crippen molar-refractivity contribution in [1.29, 1.82) is 0 Å². The van der Waals surface area contributed by atoms with E-state index in [4.69, 9.17) is 9.16 Å². The van der Waals surface area contributed by atoms with Crippen molar-refractivity contribution in [1.82, 2.24) is 24.8 Å². The number of benzene rings is 2. The van der Waals surface area contributed by atoms with Gasteiger partial charge >= 0.3 is 6.03 Å². The molecule has 4 aromatic rings. The second kappa shape index (κ2) is 13.4. The molecule has 0 radical (unpaired) electrons. The molecule has 9 nitrogen and oxygen atoms in total. The van der Waals surface area contributed by atoms with Crippen LogP contribution in [0.5, 0.6) is 5.75 Å². The first-order chi connectivity index (χ1) is 23.5. The Morgan fingerprint density at radius 3 is 2.42 bits per heavy atom. The van der Waals surface area contributed by atoms with E-state index < -0.39 is 8.32 Å². The van der Waals surface area contributed by atoms with Crippen LogP contribution in [-0.4, -0.2) is 47.4 Å². The van der Waals surface area contributed by atoms with Gasteiger partial charge < -0.3 is 19.8 Å². The maximum absolute atomic E-state index is 13.7. The number of hydrogen-bond acceptors (Lipinski definition) is 6. The summed E-state index contributed by atoms with van der Waals surface area (Å²) in [5.74, 6) is 1.72. The molecule has 10 heteroatoms. The summed E-state index contributed by atoms with van der Waals surface area (Å²) in [5.41, 5.74) is 5.70. The molecule has 3 atom stereocenters. The second-order valence-electron chi connectivity index (χ2n) is 17.1. The number of aromatic nitrogens is 3. The van der Waals surface area contributed by atoms with Gasteiger partial charge in [-0.3, -0.25) is 9.30 Å². The van der Waals surface area contributed by atoms with Crippen LogP contribution in [0.15, 0.2) is 60.8 Å². The van der Waals surface area contributed by atoms with Crippen molar-refractivity contribution in [2.75, 3.05) is 18.9 Å². The van der Waals surface area contributed by atoms with E-state index in [2.05, 4.69) is 129 Å². The van der Waals surface area contributed by atoms with Gasteiger partial charge in [-0.15, -0.1) is 10.2 Å². The molecule has 3 heterocycles. The smallest absolute Gasteiger partial charge is 0.319 e. The van der Waals surface area contributed by atoms with Crippen molar-refractivity contribution < 1.29 is 14.0 Å². The molecule has 1 aliphatic carbocycles. The molecule has 0 spiro atoms. The Morgan fingerprint density at radius 2 is 1.74 bits per heavy atom. The highest BCUT2D eigenvalue weighted by atomic mass is 28.4. The van der Waals surface area contributed by atoms with E-state index >= 15 is 0 Å². The number of urea groups is 1. The molecule has 2 N–H and O–H groups in total. The zero-order valence-corrected chi connectivity index (χ0v) is 32.7. The summed E-state index contributed by atoms with van der Waals surface area (Å²) in [4.78, 5) is 16.1. The van der Waals surface area contributed by atoms with Gasteiger partial charge in [-0.1, -0.05) is 77.9 Å². The highest BCUT2D eigenvalue weighted by molar-refractivity contribution is 6.74. The lowest BCUT2D eigenvalue weighted by Gasteiger charge is -2.36. The van der Waals surface area contributed by atoms with E-state index in [1.165, 1.54) is 0 Å². The number of carbonyl (C=O) groups excluding carboxylic acids is 1. The Balaban J connectivity index is 1.19. The molecule has 0 unspecified atom stereocenters. The number of pyridine rings is 1. The van der Waals surface area contributed by atoms with Crippen molar-refractivity contribution in [3.8, 4) is 5.75 Å². The van der Waals surface area contributed by atoms with Crippen LogP contribution < -0.4 is 15.4 Å². The Kier molecular flexibility index (Phi) is 9.69. The van der Waals surface area contributed by atoms with Gasteiger partial charge in [0.2, 0.25) is 0 Å². The summed E-state index contributed by atoms with van der Waals surface area (Å²) in [6.45, 7) is 21.6. The minimum absolute atomic E-state index is 0.0612. The molecule has 2 amide bonds. The van der Waals surface area contributed by atoms with Gasteiger partial charge in [-0.2, -0.15) is 0 Å². The molecule has 268 valence electrons. The van der Waals surface area contributed by atoms with Crippen molar-refractivity contribution in [2.45, 2.75) is 122 Å². The van der Waals surface area contributed by atoms with Gasteiger partial charge in [-0.05, 0) is 105 Å². The fraction of sp³-hybridized carbons (Fsp3) is 0.525. The summed E-state index contributed by atoms with van der Waals surface area (Å²) in [7, 11) is 0.172. The van der Waals surface area contributed by atoms with Crippen molar-refractivity contribution >= 4 is 25.7 Å². The highest BCUT2D eigenvalue weighted by Crippen LogP contribution is 2.41. The Hall–Kier alpha value is -3.73. The third-order valence-corrected chi connectivity index (χ3v) is 16.0. The third-order valence-electron chi connectivity index (χ3n) is 11.5. The molecule has 1 saturated heterocycles. The number of likely N-dealkylation sites (tertiary alicyclic amines) is 1. The molecule has 1 fully saturated rings. The molecule has 6 rings (SSSR count). The number of anilines is 1. The number of hydrogen-bond donors (Lipinski definition) is 2. The number of nitrogens with one attached hydrogen (secondary N) is 2. The van der Waals surface area contributed by atoms with Gasteiger partial charge in [0.1, 0.15) is 11.9 Å². The largest absolute Gasteiger partial charge is 0.484 e. The number of carbonyl (C=O) groups is 1. The molecular weight excluding hydrogens is 641 g/mol. The first-order valence-electron chi connectivity index (χ1n) is 18.1. The first kappa shape index (κ1) is 36.1. The van der Waals surface area contributed by atoms with E-state index in [1.54, 1.807) is 0 Å². The number of ether oxygens (including phenoxy) is 1. The van der Waals surface area contributed by atoms with E-state index in [-0.39, 0.29) is 34.2 Å². The lowest BCUT2D eigenvalue weighted by Crippen LogP contribution is -2.40. The lowest BCUT2D eigenvalue weighted by atomic mass is 9.85. The summed E-state index contributed by atoms with van der Waals surface area (Å²) < 4.78 is 15.4. The molecule has 2 aromatic carbocycles. The summed E-state index contributed by atoms with van der Waals surface area (Å²) in [6.07, 6.45) is 5.58. The number of nitrogens with zero attached hydrogens (tertiary/aromatic N) is 4. The van der Waals surface area contributed by atoms with Crippen LogP contribution in [0.25, 0.3) is 5.65 Å². The summed E-state index contributed by atoms with van der Waals surface area (Å²) in [5, 5.41) is 15.7. The molecule has 50 heavy (non-hydrogen) atoms. The van der Waals surface area contributed by atoms with Gasteiger partial charge in [0.05, 0.1) is 24.4 Å². The van der Waals surface area contributed by atoms with Crippen LogP contribution in [0.3, 0.4) is 0 Å². The van der Waals surface area contributed by atoms with Crippen LogP contribution in [0.4, 0.5) is 10.5 Å². The molecule has 2 aromatic heterocycles. The normalized spacial score (nSPS) is 21.6. The van der Waals surface area contributed by atoms with E-state index in [1.807, 2.05) is 30.5 Å². The van der Waals surface area contributed by atoms with Crippen molar-refractivity contribution in [3.63, 3.8) is 0 Å². The monoisotopic (exact) mass is 696 g/mol. The van der Waals surface area contributed by atoms with Gasteiger partial charge in [0, 0.05) is 11.3 Å². The van der Waals surface area contributed by atoms with Gasteiger partial charge in [-0.25, -0.2) is 4.79 Å². The Morgan fingerprint density at radius 1 is 1.00 bits per heavy atom. The molecule has 0 bridgehead atoms. The Bertz CT molecular complexity index is 1860. The van der Waals surface area contributed by atoms with Crippen LogP contribution in [0.1, 0.15) is 114 Å². The molecule has 1 aliphatic heterocycles. The van der Waals surface area contributed by atoms with Gasteiger partial charge in [0.25, 0.3) is 0 Å². The highest BCUT2D eigenvalue weighted by Gasteiger charge is 2.40. The Labute approximate surface area is 299 Å². The lowest BCUT2D eigenvalue weighted by molar-refractivity contribution is 0.170. The fourth-order valence-corrected chi connectivity index (χ4v) is 7.90. The minimum Gasteiger partial charge on any atom is -0.484 e. The predicted octanol–water partition coefficient (Wildman–Crippen LogP) is 9.27. The maximum Gasteiger partial charge on any atom is 0.319 e. The fourth-order valence-electron chi connectivity index (χ4n) is 6.95. The standard InChI is InChI=1S/C40H56N6O3Si/c1-38(2,3)28-17-16-27(26-48-50(9,10)39(4,5)6)33(24-28)42-37(47)41-32-19-20-34(31-15-12-11-14-30(31)32)49-29-18-21-35-43-44-36(46(35)25-29)40(7)22-13-23-45(40)8/h11-12,14-18,21,24-25,32,34H,13,19-20,22-23,26H2,1-10H3,(H2,41,42,47)/t32-,34+,40-/m0/s1. The minimum atomic E-state index is -1.99. The van der Waals surface area contributed by atoms with Crippen molar-refractivity contribution in [2.24, 2.45) is 0 Å². The zero-order valence-electron chi connectivity index (χ0n) is 31.7. The van der Waals surface area contributed by atoms with Crippen LogP contribution >= 0.6 is 0 Å². The predicted molar refractivity (Wildman–Crippen MR) is 203 cm³/mol. The molecule has 2 aliphatic rings. The second-order valence-corrected chi connectivity index (χ2v) is 21.9. The molecule has 0 saturated carbocycles. The number of fused-ring (bicyclic) bond motifs is 2. The average molecular weight is 697 g/mol. The first-order valence-corrected chi connectivity index (χ1v) is 21.0. The topological polar surface area (TPSA) is 93.0 Å². The van der Waals surface area contributed by atoms with E-state index in [0.717, 1.165) is 77.4 Å². The summed E-state index contributed by atoms with van der Waals surface area (Å²) in [6, 6.07) is 18.3. The van der Waals surface area contributed by atoms with Crippen molar-refractivity contribution in [3.05, 3.63) is 88.9 Å². The molecular formula is C40H56N6O3Si. The summed E-state index contributed by atoms with van der Waals surface area (Å²) >= 11 is 0. The average Bonchev–Trinajstić information content (AvgIpc) is 3.63. The van der Waals surface area contributed by atoms with Crippen LogP contribution in [0, 0.1) is 0 Å². The zero-order chi connectivity index (χ0) is 36.1. The van der Waals surface area contributed by atoms with Crippen LogP contribution in [0.2, 0.25) is 18.1 Å². The van der Waals surface area contributed by atoms with E-state index in [9.17, 15) is 4.79 Å². The number of amides is 2. The van der Waals surface area contributed by atoms with E-state index in [0.29, 0.717) is 6.61 Å². The quantitative estimate of drug-likeness (QED) is 0.179. The number of rotatable bonds is 8. The SMILES string of the molecule is CN1CCC[C@@]1(C)c1nnc2ccc(O[C@@H]3CC[C@H](NC(=O)Nc4cc(C(C)(C)C)ccc4CO[Si](C)(C)C(C)(C)C)c4ccccc43)cn12. The third kappa shape index (κ3) is 7.20. The van der Waals surface area contributed by atoms with Gasteiger partial charge in [0.15, 0.2) is 19.8 Å².